The Morgan fingerprint density at radius 2 is 1.50 bits per heavy atom. The van der Waals surface area contributed by atoms with Gasteiger partial charge in [0.1, 0.15) is 17.0 Å². The van der Waals surface area contributed by atoms with Gasteiger partial charge in [-0.3, -0.25) is 14.0 Å². The van der Waals surface area contributed by atoms with Gasteiger partial charge < -0.3 is 5.32 Å². The first-order valence-electron chi connectivity index (χ1n) is 12.1. The van der Waals surface area contributed by atoms with Gasteiger partial charge in [-0.25, -0.2) is 9.97 Å². The highest BCUT2D eigenvalue weighted by Crippen LogP contribution is 2.30. The predicted molar refractivity (Wildman–Crippen MR) is 149 cm³/mol. The van der Waals surface area contributed by atoms with Crippen LogP contribution in [0.2, 0.25) is 0 Å². The fourth-order valence-corrected chi connectivity index (χ4v) is 4.63. The van der Waals surface area contributed by atoms with Crippen LogP contribution < -0.4 is 10.9 Å². The van der Waals surface area contributed by atoms with Crippen LogP contribution >= 0.6 is 11.8 Å². The molecule has 8 nitrogen and oxygen atoms in total. The number of rotatable bonds is 7. The van der Waals surface area contributed by atoms with Crippen molar-refractivity contribution in [3.8, 4) is 22.5 Å². The van der Waals surface area contributed by atoms with E-state index in [9.17, 15) is 9.59 Å². The summed E-state index contributed by atoms with van der Waals surface area (Å²) in [5, 5.41) is 12.0. The Labute approximate surface area is 224 Å². The van der Waals surface area contributed by atoms with Gasteiger partial charge in [-0.05, 0) is 32.9 Å². The zero-order valence-corrected chi connectivity index (χ0v) is 22.1. The quantitative estimate of drug-likeness (QED) is 0.313. The summed E-state index contributed by atoms with van der Waals surface area (Å²) in [5.74, 6) is -0.116. The number of carbonyl (C=O) groups excluding carboxylic acids is 1. The summed E-state index contributed by atoms with van der Waals surface area (Å²) in [4.78, 5) is 34.3. The van der Waals surface area contributed by atoms with Gasteiger partial charge >= 0.3 is 0 Å². The minimum atomic E-state index is -0.218. The number of nitrogens with zero attached hydrogens (tertiary/aromatic N) is 5. The van der Waals surface area contributed by atoms with Crippen LogP contribution in [0.5, 0.6) is 0 Å². The summed E-state index contributed by atoms with van der Waals surface area (Å²) in [7, 11) is 0. The molecule has 0 atom stereocenters. The smallest absolute Gasteiger partial charge is 0.258 e. The van der Waals surface area contributed by atoms with Gasteiger partial charge in [0, 0.05) is 22.9 Å². The van der Waals surface area contributed by atoms with Crippen molar-refractivity contribution in [3.05, 3.63) is 106 Å². The van der Waals surface area contributed by atoms with E-state index in [1.807, 2.05) is 81.4 Å². The topological polar surface area (TPSA) is 102 Å². The molecule has 0 saturated carbocycles. The molecule has 5 rings (SSSR count). The van der Waals surface area contributed by atoms with Crippen molar-refractivity contribution in [1.29, 1.82) is 0 Å². The maximum absolute atomic E-state index is 12.6. The molecule has 0 fully saturated rings. The summed E-state index contributed by atoms with van der Waals surface area (Å²) < 4.78 is 1.54. The maximum atomic E-state index is 12.6. The highest BCUT2D eigenvalue weighted by Gasteiger charge is 2.15. The van der Waals surface area contributed by atoms with Crippen molar-refractivity contribution >= 4 is 23.3 Å². The number of amides is 1. The van der Waals surface area contributed by atoms with E-state index in [0.717, 1.165) is 27.9 Å². The van der Waals surface area contributed by atoms with Crippen LogP contribution in [0.15, 0.2) is 82.7 Å². The zero-order valence-electron chi connectivity index (χ0n) is 21.3. The van der Waals surface area contributed by atoms with Crippen molar-refractivity contribution in [2.24, 2.45) is 0 Å². The first-order chi connectivity index (χ1) is 18.4. The number of fused-ring (bicyclic) bond motifs is 1. The molecule has 38 heavy (non-hydrogen) atoms. The van der Waals surface area contributed by atoms with E-state index in [-0.39, 0.29) is 23.8 Å². The molecule has 1 amide bonds. The number of carbonyl (C=O) groups is 1. The minimum Gasteiger partial charge on any atom is -0.350 e. The molecule has 0 saturated heterocycles. The maximum Gasteiger partial charge on any atom is 0.258 e. The number of nitrogens with one attached hydrogen (secondary N) is 1. The van der Waals surface area contributed by atoms with Crippen LogP contribution in [-0.2, 0) is 11.3 Å². The van der Waals surface area contributed by atoms with Gasteiger partial charge in [0.25, 0.3) is 5.56 Å². The number of benzene rings is 2. The molecule has 0 aliphatic carbocycles. The van der Waals surface area contributed by atoms with Crippen molar-refractivity contribution in [1.82, 2.24) is 29.9 Å². The number of hydrogen-bond acceptors (Lipinski definition) is 7. The average molecular weight is 523 g/mol. The molecule has 0 spiro atoms. The van der Waals surface area contributed by atoms with E-state index in [0.29, 0.717) is 27.9 Å². The lowest BCUT2D eigenvalue weighted by molar-refractivity contribution is -0.118. The van der Waals surface area contributed by atoms with Gasteiger partial charge in [0.05, 0.1) is 18.0 Å². The summed E-state index contributed by atoms with van der Waals surface area (Å²) in [6.45, 7) is 6.07. The Balaban J connectivity index is 1.31. The van der Waals surface area contributed by atoms with Crippen LogP contribution in [-0.4, -0.2) is 36.2 Å². The van der Waals surface area contributed by atoms with E-state index < -0.39 is 0 Å². The molecular weight excluding hydrogens is 496 g/mol. The van der Waals surface area contributed by atoms with Gasteiger partial charge in [-0.15, -0.1) is 10.2 Å². The summed E-state index contributed by atoms with van der Waals surface area (Å²) in [6.07, 6.45) is 0. The third-order valence-electron chi connectivity index (χ3n) is 6.05. The lowest BCUT2D eigenvalue weighted by Gasteiger charge is -2.10. The van der Waals surface area contributed by atoms with Crippen molar-refractivity contribution in [2.45, 2.75) is 32.5 Å². The molecule has 9 heteroatoms. The molecule has 1 N–H and O–H groups in total. The molecule has 3 aromatic heterocycles. The Hall–Kier alpha value is -4.37. The highest BCUT2D eigenvalue weighted by molar-refractivity contribution is 7.99. The first kappa shape index (κ1) is 25.3. The number of thioether (sulfide) groups is 1. The molecule has 0 aliphatic rings. The lowest BCUT2D eigenvalue weighted by atomic mass is 10.0. The number of aryl methyl sites for hydroxylation is 3. The zero-order chi connectivity index (χ0) is 26.6. The van der Waals surface area contributed by atoms with Gasteiger partial charge in [-0.1, -0.05) is 77.5 Å². The first-order valence-corrected chi connectivity index (χ1v) is 13.1. The molecule has 0 unspecified atom stereocenters. The van der Waals surface area contributed by atoms with Gasteiger partial charge in [0.2, 0.25) is 11.1 Å². The van der Waals surface area contributed by atoms with Gasteiger partial charge in [0.15, 0.2) is 0 Å². The van der Waals surface area contributed by atoms with Crippen molar-refractivity contribution in [3.63, 3.8) is 0 Å². The normalized spacial score (nSPS) is 11.0. The third-order valence-corrected chi connectivity index (χ3v) is 6.89. The summed E-state index contributed by atoms with van der Waals surface area (Å²) in [5.41, 5.74) is 7.23. The van der Waals surface area contributed by atoms with Crippen LogP contribution in [0.25, 0.3) is 28.2 Å². The van der Waals surface area contributed by atoms with E-state index in [2.05, 4.69) is 20.5 Å². The van der Waals surface area contributed by atoms with Crippen molar-refractivity contribution in [2.75, 3.05) is 5.75 Å². The molecule has 2 aromatic carbocycles. The Bertz CT molecular complexity index is 1680. The molecule has 0 bridgehead atoms. The predicted octanol–water partition coefficient (Wildman–Crippen LogP) is 4.55. The number of hydrogen-bond donors (Lipinski definition) is 1. The Morgan fingerprint density at radius 3 is 2.18 bits per heavy atom. The monoisotopic (exact) mass is 522 g/mol. The lowest BCUT2D eigenvalue weighted by Crippen LogP contribution is -2.27. The second-order valence-corrected chi connectivity index (χ2v) is 9.98. The fraction of sp³-hybridized carbons (Fsp3) is 0.172. The Kier molecular flexibility index (Phi) is 7.28. The molecule has 190 valence electrons. The van der Waals surface area contributed by atoms with Crippen LogP contribution in [0.3, 0.4) is 0 Å². The fourth-order valence-electron chi connectivity index (χ4n) is 4.02. The SMILES string of the molecule is Cc1ccc(-c2nnc(SCC(=O)NCc3cc(=O)n4c(C)cccc4n3)nc2-c2ccc(C)cc2)cc1. The van der Waals surface area contributed by atoms with E-state index in [4.69, 9.17) is 4.98 Å². The number of aromatic nitrogens is 5. The average Bonchev–Trinajstić information content (AvgIpc) is 2.91. The molecule has 0 aliphatic heterocycles. The minimum absolute atomic E-state index is 0.102. The largest absolute Gasteiger partial charge is 0.350 e. The summed E-state index contributed by atoms with van der Waals surface area (Å²) >= 11 is 1.21. The van der Waals surface area contributed by atoms with E-state index in [1.54, 1.807) is 6.07 Å². The van der Waals surface area contributed by atoms with Crippen molar-refractivity contribution < 1.29 is 4.79 Å². The highest BCUT2D eigenvalue weighted by atomic mass is 32.2. The standard InChI is InChI=1S/C29H26N6O2S/c1-18-7-11-21(12-8-18)27-28(22-13-9-19(2)10-14-22)33-34-29(32-27)38-17-25(36)30-16-23-15-26(37)35-20(3)5-4-6-24(35)31-23/h4-15H,16-17H2,1-3H3,(H,30,36). The molecule has 0 radical (unpaired) electrons. The number of pyridine rings is 1. The Morgan fingerprint density at radius 1 is 0.842 bits per heavy atom. The van der Waals surface area contributed by atoms with Gasteiger partial charge in [-0.2, -0.15) is 0 Å². The van der Waals surface area contributed by atoms with Crippen LogP contribution in [0, 0.1) is 20.8 Å². The van der Waals surface area contributed by atoms with E-state index >= 15 is 0 Å². The van der Waals surface area contributed by atoms with Crippen LogP contribution in [0.4, 0.5) is 0 Å². The third kappa shape index (κ3) is 5.63. The molecule has 3 heterocycles. The van der Waals surface area contributed by atoms with Crippen LogP contribution in [0.1, 0.15) is 22.5 Å². The second kappa shape index (κ2) is 10.9. The van der Waals surface area contributed by atoms with E-state index in [1.165, 1.54) is 22.2 Å². The second-order valence-electron chi connectivity index (χ2n) is 9.04. The molecule has 5 aromatic rings. The molecular formula is C29H26N6O2S. The summed E-state index contributed by atoms with van der Waals surface area (Å²) in [6, 6.07) is 23.1.